The van der Waals surface area contributed by atoms with Crippen LogP contribution in [0.15, 0.2) is 48.5 Å². The Morgan fingerprint density at radius 2 is 1.76 bits per heavy atom. The number of hydrogen-bond acceptors (Lipinski definition) is 2. The second kappa shape index (κ2) is 7.55. The van der Waals surface area contributed by atoms with Crippen LogP contribution in [0.25, 0.3) is 0 Å². The Kier molecular flexibility index (Phi) is 5.73. The number of aliphatic hydroxyl groups is 1. The van der Waals surface area contributed by atoms with Crippen LogP contribution in [0.5, 0.6) is 0 Å². The summed E-state index contributed by atoms with van der Waals surface area (Å²) >= 11 is 0. The summed E-state index contributed by atoms with van der Waals surface area (Å²) in [6, 6.07) is 16.6. The van der Waals surface area contributed by atoms with Gasteiger partial charge in [-0.05, 0) is 42.6 Å². The molecule has 0 aliphatic carbocycles. The number of aryl methyl sites for hydroxylation is 1. The van der Waals surface area contributed by atoms with E-state index in [0.29, 0.717) is 6.42 Å². The first-order chi connectivity index (χ1) is 10.1. The van der Waals surface area contributed by atoms with Crippen LogP contribution in [-0.4, -0.2) is 21.0 Å². The average Bonchev–Trinajstić information content (AvgIpc) is 2.48. The van der Waals surface area contributed by atoms with Crippen LogP contribution in [0.1, 0.15) is 36.1 Å². The third-order valence-corrected chi connectivity index (χ3v) is 5.53. The zero-order chi connectivity index (χ0) is 15.2. The minimum atomic E-state index is -0.807. The predicted molar refractivity (Wildman–Crippen MR) is 90.7 cm³/mol. The van der Waals surface area contributed by atoms with Gasteiger partial charge in [0.2, 0.25) is 0 Å². The average molecular weight is 300 g/mol. The molecule has 0 aliphatic heterocycles. The summed E-state index contributed by atoms with van der Waals surface area (Å²) in [6.07, 6.45) is 0.266. The van der Waals surface area contributed by atoms with Crippen molar-refractivity contribution >= 4 is 14.9 Å². The summed E-state index contributed by atoms with van der Waals surface area (Å²) in [5.74, 6) is 0. The fourth-order valence-electron chi connectivity index (χ4n) is 2.44. The molecule has 0 radical (unpaired) electrons. The van der Waals surface area contributed by atoms with E-state index in [1.165, 1.54) is 16.3 Å². The third-order valence-electron chi connectivity index (χ3n) is 3.88. The molecule has 0 saturated carbocycles. The maximum Gasteiger partial charge on any atom is 0.193 e. The molecule has 2 aromatic carbocycles. The highest BCUT2D eigenvalue weighted by Crippen LogP contribution is 2.22. The van der Waals surface area contributed by atoms with E-state index in [4.69, 9.17) is 4.43 Å². The van der Waals surface area contributed by atoms with Gasteiger partial charge in [-0.25, -0.2) is 0 Å². The lowest BCUT2D eigenvalue weighted by Crippen LogP contribution is -2.24. The lowest BCUT2D eigenvalue weighted by Gasteiger charge is -2.21. The minimum Gasteiger partial charge on any atom is -0.412 e. The van der Waals surface area contributed by atoms with Crippen molar-refractivity contribution in [1.29, 1.82) is 0 Å². The standard InChI is InChI=1S/C18H24O2Si/c1-13-8-7-11-18(15(13)3)21-20-17(12-14(2)19)16-9-5-4-6-10-16/h4-11,14,17,19H,12,21H2,1-3H3/t14-,17+/m1/s1. The fraction of sp³-hybridized carbons (Fsp3) is 0.333. The van der Waals surface area contributed by atoms with Crippen molar-refractivity contribution < 1.29 is 9.53 Å². The summed E-state index contributed by atoms with van der Waals surface area (Å²) in [4.78, 5) is 0. The summed E-state index contributed by atoms with van der Waals surface area (Å²) < 4.78 is 6.24. The van der Waals surface area contributed by atoms with Crippen molar-refractivity contribution in [3.05, 3.63) is 65.2 Å². The maximum atomic E-state index is 9.72. The molecule has 2 nitrogen and oxygen atoms in total. The van der Waals surface area contributed by atoms with Gasteiger partial charge in [-0.3, -0.25) is 0 Å². The first-order valence-corrected chi connectivity index (χ1v) is 8.76. The minimum absolute atomic E-state index is 0.0159. The van der Waals surface area contributed by atoms with Crippen LogP contribution in [0.4, 0.5) is 0 Å². The van der Waals surface area contributed by atoms with Crippen molar-refractivity contribution in [2.24, 2.45) is 0 Å². The molecule has 0 aromatic heterocycles. The number of benzene rings is 2. The predicted octanol–water partition coefficient (Wildman–Crippen LogP) is 2.54. The van der Waals surface area contributed by atoms with Gasteiger partial charge in [0.05, 0.1) is 12.2 Å². The Labute approximate surface area is 129 Å². The van der Waals surface area contributed by atoms with Gasteiger partial charge < -0.3 is 9.53 Å². The van der Waals surface area contributed by atoms with Crippen molar-refractivity contribution in [1.82, 2.24) is 0 Å². The molecule has 0 amide bonds. The van der Waals surface area contributed by atoms with Crippen molar-refractivity contribution in [2.45, 2.75) is 39.4 Å². The van der Waals surface area contributed by atoms with Gasteiger partial charge in [0, 0.05) is 6.42 Å². The van der Waals surface area contributed by atoms with Gasteiger partial charge in [0.1, 0.15) is 0 Å². The summed E-state index contributed by atoms with van der Waals surface area (Å²) in [6.45, 7) is 6.11. The van der Waals surface area contributed by atoms with Crippen LogP contribution < -0.4 is 5.19 Å². The molecular formula is C18H24O2Si. The highest BCUT2D eigenvalue weighted by atomic mass is 28.2. The van der Waals surface area contributed by atoms with Crippen LogP contribution in [0.2, 0.25) is 0 Å². The first kappa shape index (κ1) is 16.0. The van der Waals surface area contributed by atoms with Crippen LogP contribution >= 0.6 is 0 Å². The Bertz CT molecular complexity index is 567. The van der Waals surface area contributed by atoms with Crippen molar-refractivity contribution in [3.63, 3.8) is 0 Å². The molecule has 0 fully saturated rings. The second-order valence-corrected chi connectivity index (χ2v) is 7.04. The van der Waals surface area contributed by atoms with E-state index in [-0.39, 0.29) is 12.2 Å². The number of hydrogen-bond donors (Lipinski definition) is 1. The lowest BCUT2D eigenvalue weighted by molar-refractivity contribution is 0.110. The SMILES string of the molecule is Cc1cccc([SiH2]O[C@@H](C[C@@H](C)O)c2ccccc2)c1C. The van der Waals surface area contributed by atoms with Gasteiger partial charge in [-0.1, -0.05) is 48.5 Å². The maximum absolute atomic E-state index is 9.72. The highest BCUT2D eigenvalue weighted by Gasteiger charge is 2.15. The van der Waals surface area contributed by atoms with Crippen LogP contribution in [-0.2, 0) is 4.43 Å². The molecule has 0 bridgehead atoms. The lowest BCUT2D eigenvalue weighted by atomic mass is 10.0. The Balaban J connectivity index is 2.11. The Morgan fingerprint density at radius 3 is 2.43 bits per heavy atom. The molecule has 2 aromatic rings. The third kappa shape index (κ3) is 4.53. The first-order valence-electron chi connectivity index (χ1n) is 7.47. The molecule has 21 heavy (non-hydrogen) atoms. The number of aliphatic hydroxyl groups excluding tert-OH is 1. The highest BCUT2D eigenvalue weighted by molar-refractivity contribution is 6.47. The molecule has 0 unspecified atom stereocenters. The molecule has 112 valence electrons. The molecule has 3 heteroatoms. The van der Waals surface area contributed by atoms with E-state index in [2.05, 4.69) is 44.2 Å². The second-order valence-electron chi connectivity index (χ2n) is 5.65. The molecule has 0 aliphatic rings. The van der Waals surface area contributed by atoms with E-state index in [1.54, 1.807) is 0 Å². The molecule has 1 N–H and O–H groups in total. The normalized spacial score (nSPS) is 14.5. The summed E-state index contributed by atoms with van der Waals surface area (Å²) in [5.41, 5.74) is 3.81. The van der Waals surface area contributed by atoms with Gasteiger partial charge in [-0.15, -0.1) is 0 Å². The van der Waals surface area contributed by atoms with Crippen molar-refractivity contribution in [3.8, 4) is 0 Å². The quantitative estimate of drug-likeness (QED) is 0.831. The number of rotatable bonds is 6. The van der Waals surface area contributed by atoms with Crippen molar-refractivity contribution in [2.75, 3.05) is 0 Å². The van der Waals surface area contributed by atoms with Crippen LogP contribution in [0, 0.1) is 13.8 Å². The smallest absolute Gasteiger partial charge is 0.193 e. The van der Waals surface area contributed by atoms with Gasteiger partial charge >= 0.3 is 0 Å². The molecule has 0 saturated heterocycles. The van der Waals surface area contributed by atoms with Crippen LogP contribution in [0.3, 0.4) is 0 Å². The largest absolute Gasteiger partial charge is 0.412 e. The monoisotopic (exact) mass is 300 g/mol. The Hall–Kier alpha value is -1.42. The Morgan fingerprint density at radius 1 is 1.05 bits per heavy atom. The van der Waals surface area contributed by atoms with E-state index < -0.39 is 9.76 Å². The van der Waals surface area contributed by atoms with Gasteiger partial charge in [0.15, 0.2) is 9.76 Å². The van der Waals surface area contributed by atoms with E-state index in [0.717, 1.165) is 5.56 Å². The topological polar surface area (TPSA) is 29.5 Å². The van der Waals surface area contributed by atoms with E-state index in [1.807, 2.05) is 25.1 Å². The molecule has 2 atom stereocenters. The molecule has 2 rings (SSSR count). The van der Waals surface area contributed by atoms with Gasteiger partial charge in [-0.2, -0.15) is 0 Å². The molecular weight excluding hydrogens is 276 g/mol. The molecule has 0 heterocycles. The zero-order valence-electron chi connectivity index (χ0n) is 13.0. The van der Waals surface area contributed by atoms with E-state index >= 15 is 0 Å². The summed E-state index contributed by atoms with van der Waals surface area (Å²) in [7, 11) is -0.807. The fourth-order valence-corrected chi connectivity index (χ4v) is 3.87. The molecule has 0 spiro atoms. The van der Waals surface area contributed by atoms with E-state index in [9.17, 15) is 5.11 Å². The zero-order valence-corrected chi connectivity index (χ0v) is 14.5. The summed E-state index contributed by atoms with van der Waals surface area (Å²) in [5, 5.41) is 11.1. The van der Waals surface area contributed by atoms with Gasteiger partial charge in [0.25, 0.3) is 0 Å².